The molecule has 4 saturated carbocycles. The van der Waals surface area contributed by atoms with E-state index in [4.69, 9.17) is 0 Å². The molecule has 4 bridgehead atoms. The van der Waals surface area contributed by atoms with Gasteiger partial charge in [0.05, 0.1) is 0 Å². The monoisotopic (exact) mass is 864 g/mol. The van der Waals surface area contributed by atoms with Crippen molar-refractivity contribution in [2.45, 2.75) is 50.9 Å². The average molecular weight is 865 g/mol. The van der Waals surface area contributed by atoms with Gasteiger partial charge < -0.3 is 9.80 Å². The van der Waals surface area contributed by atoms with Gasteiger partial charge in [0.1, 0.15) is 0 Å². The first-order valence-corrected chi connectivity index (χ1v) is 24.4. The topological polar surface area (TPSA) is 6.48 Å². The van der Waals surface area contributed by atoms with Crippen molar-refractivity contribution in [3.05, 3.63) is 242 Å². The van der Waals surface area contributed by atoms with E-state index in [0.29, 0.717) is 5.41 Å². The van der Waals surface area contributed by atoms with Gasteiger partial charge in [0.15, 0.2) is 0 Å². The SMILES string of the molecule is Cc1ccc(-c2cccc(N(c3ccc(-c4ccc(N(c5ccc(-c6ccccc6)cc5)c5ccc(-c6ccccc6)cc5)cc4)cc3)c3ccc(C45CC6CC(CC(C6)C4)C5)cc3)c2)cc1. The summed E-state index contributed by atoms with van der Waals surface area (Å²) in [5.41, 5.74) is 19.7. The fraction of sp³-hybridized carbons (Fsp3) is 0.169. The fourth-order valence-corrected chi connectivity index (χ4v) is 12.4. The number of rotatable bonds is 11. The molecule has 0 N–H and O–H groups in total. The van der Waals surface area contributed by atoms with Gasteiger partial charge in [-0.2, -0.15) is 0 Å². The average Bonchev–Trinajstić information content (AvgIpc) is 3.38. The largest absolute Gasteiger partial charge is 0.311 e. The molecule has 2 heteroatoms. The number of anilines is 6. The number of aryl methyl sites for hydroxylation is 1. The van der Waals surface area contributed by atoms with E-state index in [1.807, 2.05) is 0 Å². The van der Waals surface area contributed by atoms with Gasteiger partial charge in [0, 0.05) is 34.1 Å². The molecule has 4 aliphatic carbocycles. The van der Waals surface area contributed by atoms with Gasteiger partial charge in [0.25, 0.3) is 0 Å². The first-order valence-electron chi connectivity index (χ1n) is 24.4. The van der Waals surface area contributed by atoms with Crippen LogP contribution >= 0.6 is 0 Å². The van der Waals surface area contributed by atoms with Gasteiger partial charge in [-0.05, 0) is 191 Å². The molecule has 9 aromatic carbocycles. The summed E-state index contributed by atoms with van der Waals surface area (Å²) in [5.74, 6) is 2.78. The zero-order chi connectivity index (χ0) is 44.7. The van der Waals surface area contributed by atoms with Gasteiger partial charge in [-0.15, -0.1) is 0 Å². The quantitative estimate of drug-likeness (QED) is 0.128. The Balaban J connectivity index is 0.863. The molecule has 326 valence electrons. The van der Waals surface area contributed by atoms with Crippen molar-refractivity contribution in [3.63, 3.8) is 0 Å². The number of nitrogens with zero attached hydrogens (tertiary/aromatic N) is 2. The van der Waals surface area contributed by atoms with Crippen molar-refractivity contribution in [2.24, 2.45) is 17.8 Å². The third kappa shape index (κ3) is 8.16. The summed E-state index contributed by atoms with van der Waals surface area (Å²) in [7, 11) is 0. The minimum absolute atomic E-state index is 0.373. The van der Waals surface area contributed by atoms with Gasteiger partial charge in [-0.3, -0.25) is 0 Å². The minimum atomic E-state index is 0.373. The molecular formula is C65H56N2. The summed E-state index contributed by atoms with van der Waals surface area (Å²) >= 11 is 0. The van der Waals surface area contributed by atoms with Crippen LogP contribution in [0.1, 0.15) is 49.7 Å². The molecule has 67 heavy (non-hydrogen) atoms. The lowest BCUT2D eigenvalue weighted by molar-refractivity contribution is -0.00518. The minimum Gasteiger partial charge on any atom is -0.311 e. The molecule has 9 aromatic rings. The van der Waals surface area contributed by atoms with Crippen molar-refractivity contribution < 1.29 is 0 Å². The highest BCUT2D eigenvalue weighted by molar-refractivity contribution is 5.83. The van der Waals surface area contributed by atoms with E-state index in [0.717, 1.165) is 46.2 Å². The van der Waals surface area contributed by atoms with Crippen LogP contribution < -0.4 is 9.80 Å². The lowest BCUT2D eigenvalue weighted by Crippen LogP contribution is -2.48. The third-order valence-electron chi connectivity index (χ3n) is 15.3. The van der Waals surface area contributed by atoms with Gasteiger partial charge in [-0.25, -0.2) is 0 Å². The van der Waals surface area contributed by atoms with E-state index in [2.05, 4.69) is 247 Å². The second kappa shape index (κ2) is 17.4. The Morgan fingerprint density at radius 3 is 1.01 bits per heavy atom. The second-order valence-electron chi connectivity index (χ2n) is 19.8. The molecule has 0 spiro atoms. The summed E-state index contributed by atoms with van der Waals surface area (Å²) in [6.45, 7) is 2.15. The van der Waals surface area contributed by atoms with Crippen LogP contribution in [0.5, 0.6) is 0 Å². The summed E-state index contributed by atoms with van der Waals surface area (Å²) in [6.07, 6.45) is 8.54. The smallest absolute Gasteiger partial charge is 0.0467 e. The van der Waals surface area contributed by atoms with E-state index >= 15 is 0 Å². The number of benzene rings is 9. The van der Waals surface area contributed by atoms with Crippen molar-refractivity contribution in [1.29, 1.82) is 0 Å². The zero-order valence-corrected chi connectivity index (χ0v) is 38.3. The standard InChI is InChI=1S/C65H56N2/c1-46-15-17-56(18-16-46)57-13-8-14-64(42-57)67(63-37-27-58(28-38-63)65-43-47-39-48(44-65)41-49(40-47)45-65)62-35-25-55(26-36-62)54-23-33-61(34-24-54)66(59-29-19-52(20-30-59)50-9-4-2-5-10-50)60-31-21-53(22-32-60)51-11-6-3-7-12-51/h2-38,42,47-49H,39-41,43-45H2,1H3. The Kier molecular flexibility index (Phi) is 10.7. The van der Waals surface area contributed by atoms with E-state index in [1.165, 1.54) is 94.3 Å². The highest BCUT2D eigenvalue weighted by Gasteiger charge is 2.51. The molecule has 0 unspecified atom stereocenters. The van der Waals surface area contributed by atoms with E-state index in [9.17, 15) is 0 Å². The van der Waals surface area contributed by atoms with Crippen molar-refractivity contribution in [1.82, 2.24) is 0 Å². The lowest BCUT2D eigenvalue weighted by Gasteiger charge is -2.57. The van der Waals surface area contributed by atoms with Crippen LogP contribution in [0.25, 0.3) is 44.5 Å². The maximum atomic E-state index is 2.48. The van der Waals surface area contributed by atoms with E-state index in [-0.39, 0.29) is 0 Å². The Hall–Kier alpha value is -7.42. The van der Waals surface area contributed by atoms with Crippen molar-refractivity contribution in [2.75, 3.05) is 9.80 Å². The predicted octanol–water partition coefficient (Wildman–Crippen LogP) is 18.1. The van der Waals surface area contributed by atoms with Crippen LogP contribution in [-0.4, -0.2) is 0 Å². The first-order chi connectivity index (χ1) is 33.0. The van der Waals surface area contributed by atoms with Gasteiger partial charge >= 0.3 is 0 Å². The lowest BCUT2D eigenvalue weighted by atomic mass is 9.48. The second-order valence-corrected chi connectivity index (χ2v) is 19.8. The van der Waals surface area contributed by atoms with E-state index in [1.54, 1.807) is 5.56 Å². The molecular weight excluding hydrogens is 809 g/mol. The molecule has 0 radical (unpaired) electrons. The summed E-state index contributed by atoms with van der Waals surface area (Å²) in [4.78, 5) is 4.80. The van der Waals surface area contributed by atoms with Crippen LogP contribution in [-0.2, 0) is 5.41 Å². The predicted molar refractivity (Wildman–Crippen MR) is 282 cm³/mol. The molecule has 4 fully saturated rings. The molecule has 0 heterocycles. The van der Waals surface area contributed by atoms with E-state index < -0.39 is 0 Å². The molecule has 2 nitrogen and oxygen atoms in total. The Morgan fingerprint density at radius 1 is 0.299 bits per heavy atom. The summed E-state index contributed by atoms with van der Waals surface area (Å²) < 4.78 is 0. The van der Waals surface area contributed by atoms with Crippen molar-refractivity contribution in [3.8, 4) is 44.5 Å². The highest BCUT2D eigenvalue weighted by Crippen LogP contribution is 2.61. The Morgan fingerprint density at radius 2 is 0.612 bits per heavy atom. The van der Waals surface area contributed by atoms with Gasteiger partial charge in [-0.1, -0.05) is 163 Å². The molecule has 0 atom stereocenters. The molecule has 0 aromatic heterocycles. The van der Waals surface area contributed by atoms with Crippen LogP contribution in [0, 0.1) is 24.7 Å². The van der Waals surface area contributed by atoms with Crippen LogP contribution in [0.15, 0.2) is 231 Å². The molecule has 0 amide bonds. The third-order valence-corrected chi connectivity index (χ3v) is 15.3. The highest BCUT2D eigenvalue weighted by atomic mass is 15.1. The maximum Gasteiger partial charge on any atom is 0.0467 e. The van der Waals surface area contributed by atoms with Crippen LogP contribution in [0.3, 0.4) is 0 Å². The van der Waals surface area contributed by atoms with Crippen LogP contribution in [0.4, 0.5) is 34.1 Å². The first kappa shape index (κ1) is 41.0. The van der Waals surface area contributed by atoms with Gasteiger partial charge in [0.2, 0.25) is 0 Å². The normalized spacial score (nSPS) is 19.3. The summed E-state index contributed by atoms with van der Waals surface area (Å²) in [5, 5.41) is 0. The zero-order valence-electron chi connectivity index (χ0n) is 38.3. The Labute approximate surface area is 396 Å². The molecule has 4 aliphatic rings. The number of hydrogen-bond donors (Lipinski definition) is 0. The maximum absolute atomic E-state index is 2.48. The molecule has 13 rings (SSSR count). The molecule has 0 saturated heterocycles. The Bertz CT molecular complexity index is 2980. The van der Waals surface area contributed by atoms with Crippen molar-refractivity contribution >= 4 is 34.1 Å². The fourth-order valence-electron chi connectivity index (χ4n) is 12.4. The summed E-state index contributed by atoms with van der Waals surface area (Å²) in [6, 6.07) is 84.9. The molecule has 0 aliphatic heterocycles. The number of hydrogen-bond acceptors (Lipinski definition) is 2. The van der Waals surface area contributed by atoms with Crippen LogP contribution in [0.2, 0.25) is 0 Å².